The van der Waals surface area contributed by atoms with E-state index in [1.807, 2.05) is 113 Å². The lowest BCUT2D eigenvalue weighted by Gasteiger charge is -2.53. The Morgan fingerprint density at radius 3 is 2.02 bits per heavy atom. The van der Waals surface area contributed by atoms with Crippen molar-refractivity contribution in [3.05, 3.63) is 173 Å². The number of nitrogens with one attached hydrogen (secondary N) is 4. The highest BCUT2D eigenvalue weighted by molar-refractivity contribution is 7.48. The zero-order valence-electron chi connectivity index (χ0n) is 68.9. The second-order valence-corrected chi connectivity index (χ2v) is 36.0. The molecule has 622 valence electrons. The van der Waals surface area contributed by atoms with Crippen molar-refractivity contribution in [2.45, 2.75) is 194 Å². The number of amides is 6. The first-order valence-electron chi connectivity index (χ1n) is 40.3. The first-order chi connectivity index (χ1) is 55.7. The number of benzene rings is 5. The number of para-hydroxylation sites is 1. The van der Waals surface area contributed by atoms with Gasteiger partial charge in [0.05, 0.1) is 62.9 Å². The van der Waals surface area contributed by atoms with Crippen LogP contribution in [0.2, 0.25) is 0 Å². The van der Waals surface area contributed by atoms with Crippen LogP contribution in [0.1, 0.15) is 161 Å². The number of carbonyl (C=O) groups excluding carboxylic acids is 6. The van der Waals surface area contributed by atoms with E-state index in [2.05, 4.69) is 68.4 Å². The number of likely N-dealkylation sites (tertiary alicyclic amines) is 2. The molecule has 3 aromatic heterocycles. The van der Waals surface area contributed by atoms with E-state index < -0.39 is 97.1 Å². The first kappa shape index (κ1) is 84.8. The van der Waals surface area contributed by atoms with Gasteiger partial charge in [-0.15, -0.1) is 21.5 Å². The molecule has 5 N–H and O–H groups in total. The molecule has 0 spiro atoms. The lowest BCUT2D eigenvalue weighted by atomic mass is 9.91. The molecular weight excluding hydrogens is 1530 g/mol. The van der Waals surface area contributed by atoms with Crippen molar-refractivity contribution < 1.29 is 70.7 Å². The summed E-state index contributed by atoms with van der Waals surface area (Å²) in [4.78, 5) is 101. The van der Waals surface area contributed by atoms with E-state index in [0.717, 1.165) is 76.4 Å². The van der Waals surface area contributed by atoms with Gasteiger partial charge in [0.25, 0.3) is 5.88 Å². The van der Waals surface area contributed by atoms with Gasteiger partial charge < -0.3 is 54.9 Å². The first-order valence-corrected chi connectivity index (χ1v) is 42.7. The van der Waals surface area contributed by atoms with Crippen LogP contribution >= 0.6 is 19.2 Å². The molecule has 6 amide bonds. The van der Waals surface area contributed by atoms with Crippen LogP contribution in [0.4, 0.5) is 26.8 Å². The number of phosphoric ester groups is 1. The Bertz CT molecular complexity index is 4860. The van der Waals surface area contributed by atoms with E-state index in [9.17, 15) is 33.6 Å². The Labute approximate surface area is 687 Å². The van der Waals surface area contributed by atoms with Crippen LogP contribution in [0, 0.1) is 18.8 Å². The minimum Gasteiger partial charge on any atom is -0.507 e. The maximum absolute atomic E-state index is 15.2. The van der Waals surface area contributed by atoms with E-state index in [1.54, 1.807) is 127 Å². The van der Waals surface area contributed by atoms with Crippen LogP contribution in [0.15, 0.2) is 143 Å². The fourth-order valence-electron chi connectivity index (χ4n) is 16.3. The number of rotatable bonds is 27. The molecule has 117 heavy (non-hydrogen) atoms. The molecule has 0 radical (unpaired) electrons. The van der Waals surface area contributed by atoms with Crippen LogP contribution in [-0.2, 0) is 53.4 Å². The SMILES string of the molecule is Cc1ncsc1-c1ccc([C@H](C)NC(=O)[C@@H]2C[C@@H](OP(=O)(OC(C)(C)C)OC(C)(C)C)CN2C(=O)[C@@H](c2cc(OCCN3CCC(N4CCN5c6cc(-c7ccccc7O)nnc6N(C(=O)OCc6ccc(NC(=O)[C@H](C)NC(=O)[C@@H](NC(=O)OCC7c8ccccc8-c8ccccc87)C(C)C)cc6)[C@@H](C)[C@@H]5C4)CC3)no2)C(C)C)cc1. The van der Waals surface area contributed by atoms with Gasteiger partial charge in [-0.3, -0.25) is 47.4 Å². The minimum absolute atomic E-state index is 0.00738. The predicted octanol–water partition coefficient (Wildman–Crippen LogP) is 14.2. The number of carbonyl (C=O) groups is 6. The summed E-state index contributed by atoms with van der Waals surface area (Å²) in [6.45, 7) is 29.7. The Kier molecular flexibility index (Phi) is 26.1. The summed E-state index contributed by atoms with van der Waals surface area (Å²) >= 11 is 1.56. The Morgan fingerprint density at radius 1 is 0.726 bits per heavy atom. The zero-order chi connectivity index (χ0) is 83.4. The molecule has 4 aliphatic heterocycles. The third-order valence-corrected chi connectivity index (χ3v) is 25.2. The zero-order valence-corrected chi connectivity index (χ0v) is 70.7. The molecule has 1 aliphatic carbocycles. The van der Waals surface area contributed by atoms with Crippen molar-refractivity contribution in [3.63, 3.8) is 0 Å². The Balaban J connectivity index is 0.603. The molecule has 3 saturated heterocycles. The summed E-state index contributed by atoms with van der Waals surface area (Å²) in [6.07, 6.45) is -0.512. The number of piperidine rings is 1. The highest BCUT2D eigenvalue weighted by atomic mass is 32.1. The predicted molar refractivity (Wildman–Crippen MR) is 446 cm³/mol. The van der Waals surface area contributed by atoms with Crippen LogP contribution in [-0.4, -0.2) is 189 Å². The van der Waals surface area contributed by atoms with Crippen molar-refractivity contribution in [1.29, 1.82) is 0 Å². The van der Waals surface area contributed by atoms with Crippen molar-refractivity contribution in [1.82, 2.24) is 51.0 Å². The van der Waals surface area contributed by atoms with Gasteiger partial charge in [0.1, 0.15) is 49.6 Å². The molecule has 8 aromatic rings. The number of fused-ring (bicyclic) bond motifs is 6. The van der Waals surface area contributed by atoms with Gasteiger partial charge >= 0.3 is 20.0 Å². The number of phenols is 1. The van der Waals surface area contributed by atoms with Gasteiger partial charge in [-0.1, -0.05) is 125 Å². The topological polar surface area (TPSA) is 324 Å². The average Bonchev–Trinajstić information content (AvgIpc) is 1.46. The maximum Gasteiger partial charge on any atom is 0.476 e. The Hall–Kier alpha value is -10.1. The van der Waals surface area contributed by atoms with Crippen molar-refractivity contribution >= 4 is 72.2 Å². The summed E-state index contributed by atoms with van der Waals surface area (Å²) in [6, 6.07) is 37.5. The number of phenolic OH excluding ortho intramolecular Hbond substituents is 1. The second-order valence-electron chi connectivity index (χ2n) is 33.6. The van der Waals surface area contributed by atoms with Gasteiger partial charge in [-0.05, 0) is 181 Å². The number of ether oxygens (including phenoxy) is 3. The number of aromatic hydroxyl groups is 1. The van der Waals surface area contributed by atoms with E-state index >= 15 is 4.79 Å². The van der Waals surface area contributed by atoms with Gasteiger partial charge in [0.15, 0.2) is 11.6 Å². The lowest BCUT2D eigenvalue weighted by molar-refractivity contribution is -0.141. The minimum atomic E-state index is -4.28. The largest absolute Gasteiger partial charge is 0.507 e. The third kappa shape index (κ3) is 20.0. The standard InChI is InChI=1S/C87H108N13O15PS/c1-51(2)76(83(105)99-46-62(113-116(108,114-86(9,10)11)115-87(12,13)14)43-71(99)81(103)89-53(5)58-29-31-59(32-30-58)78-54(6)88-50-117-78)74-45-75(95-112-74)109-42-41-96-37-35-61(36-38-96)97-39-40-98-70-44-69(67-25-19-20-26-73(67)101)93-94-79(70)100(56(8)72(98)47-97)85(107)111-48-57-27-33-60(34-28-57)91-80(102)55(7)90-82(104)77(52(3)4)92-84(106)110-49-68-65-23-17-15-21-63(65)64-22-16-18-24-66(64)68/h15-34,44-45,50-53,55-56,61-62,68,71-72,76-77,101H,35-43,46-49H2,1-14H3,(H,89,103)(H,90,104)(H,91,102)(H,92,106)/t53-,55-,56-,62+,71-,72-,76+,77-/m0/s1. The molecule has 30 heteroatoms. The average molecular weight is 1640 g/mol. The number of piperazine rings is 1. The molecule has 7 heterocycles. The summed E-state index contributed by atoms with van der Waals surface area (Å²) in [5.41, 5.74) is 9.81. The molecular formula is C87H108N13O15PS. The monoisotopic (exact) mass is 1640 g/mol. The number of aryl methyl sites for hydroxylation is 1. The van der Waals surface area contributed by atoms with Gasteiger partial charge in [0.2, 0.25) is 23.6 Å². The molecule has 28 nitrogen and oxygen atoms in total. The summed E-state index contributed by atoms with van der Waals surface area (Å²) in [7, 11) is -4.28. The molecule has 5 aromatic carbocycles. The number of thiazole rings is 1. The third-order valence-electron chi connectivity index (χ3n) is 22.1. The Morgan fingerprint density at radius 2 is 1.38 bits per heavy atom. The van der Waals surface area contributed by atoms with Crippen LogP contribution in [0.5, 0.6) is 11.6 Å². The maximum atomic E-state index is 15.2. The molecule has 3 fully saturated rings. The normalized spacial score (nSPS) is 19.1. The van der Waals surface area contributed by atoms with Gasteiger partial charge in [0, 0.05) is 68.4 Å². The number of aromatic nitrogens is 4. The molecule has 0 unspecified atom stereocenters. The summed E-state index contributed by atoms with van der Waals surface area (Å²) < 4.78 is 56.9. The molecule has 0 saturated carbocycles. The quantitative estimate of drug-likeness (QED) is 0.0299. The summed E-state index contributed by atoms with van der Waals surface area (Å²) in [5, 5.41) is 35.9. The number of anilines is 3. The molecule has 5 aliphatic rings. The molecule has 13 rings (SSSR count). The number of hydrogen-bond acceptors (Lipinski definition) is 23. The van der Waals surface area contributed by atoms with Gasteiger partial charge in [-0.25, -0.2) is 19.1 Å². The smallest absolute Gasteiger partial charge is 0.476 e. The highest BCUT2D eigenvalue weighted by Crippen LogP contribution is 2.57. The number of nitrogens with zero attached hydrogens (tertiary/aromatic N) is 9. The fourth-order valence-corrected chi connectivity index (χ4v) is 19.1. The second kappa shape index (κ2) is 36.0. The van der Waals surface area contributed by atoms with E-state index in [0.29, 0.717) is 60.3 Å². The number of phosphoric acid groups is 1. The van der Waals surface area contributed by atoms with Gasteiger partial charge in [-0.2, -0.15) is 0 Å². The highest BCUT2D eigenvalue weighted by Gasteiger charge is 2.50. The fraction of sp³-hybridized carbons (Fsp3) is 0.471. The van der Waals surface area contributed by atoms with Crippen molar-refractivity contribution in [3.8, 4) is 44.5 Å². The van der Waals surface area contributed by atoms with Crippen LogP contribution in [0.25, 0.3) is 32.8 Å². The van der Waals surface area contributed by atoms with E-state index in [4.69, 9.17) is 32.3 Å². The van der Waals surface area contributed by atoms with Crippen molar-refractivity contribution in [2.24, 2.45) is 11.8 Å². The van der Waals surface area contributed by atoms with E-state index in [-0.39, 0.29) is 73.4 Å². The number of alkyl carbamates (subject to hydrolysis) is 1. The molecule has 8 atom stereocenters. The lowest BCUT2D eigenvalue weighted by Crippen LogP contribution is -2.66. The molecule has 0 bridgehead atoms. The number of hydrogen-bond donors (Lipinski definition) is 5. The van der Waals surface area contributed by atoms with E-state index in [1.165, 1.54) is 4.90 Å². The summed E-state index contributed by atoms with van der Waals surface area (Å²) in [5.74, 6) is -2.70. The van der Waals surface area contributed by atoms with Crippen molar-refractivity contribution in [2.75, 3.05) is 74.1 Å². The van der Waals surface area contributed by atoms with Crippen LogP contribution in [0.3, 0.4) is 0 Å². The van der Waals surface area contributed by atoms with Crippen LogP contribution < -0.4 is 35.8 Å².